The first-order chi connectivity index (χ1) is 9.31. The summed E-state index contributed by atoms with van der Waals surface area (Å²) < 4.78 is 5.47. The number of methoxy groups -OCH3 is 1. The van der Waals surface area contributed by atoms with E-state index < -0.39 is 0 Å². The minimum absolute atomic E-state index is 0.796. The Bertz CT molecular complexity index is 724. The van der Waals surface area contributed by atoms with Gasteiger partial charge in [0.05, 0.1) is 12.7 Å². The Hall–Kier alpha value is -2.14. The predicted molar refractivity (Wildman–Crippen MR) is 78.9 cm³/mol. The van der Waals surface area contributed by atoms with Crippen molar-refractivity contribution in [1.29, 1.82) is 0 Å². The SMILES string of the molecule is CNc1nnc(-c2cc3ccccc3cc2OC)s1. The minimum Gasteiger partial charge on any atom is -0.496 e. The van der Waals surface area contributed by atoms with Crippen LogP contribution in [0.4, 0.5) is 5.13 Å². The summed E-state index contributed by atoms with van der Waals surface area (Å²) in [5.41, 5.74) is 0.972. The van der Waals surface area contributed by atoms with E-state index in [0.29, 0.717) is 0 Å². The van der Waals surface area contributed by atoms with Crippen molar-refractivity contribution >= 4 is 27.2 Å². The van der Waals surface area contributed by atoms with E-state index in [0.717, 1.165) is 26.8 Å². The molecule has 0 radical (unpaired) electrons. The third-order valence-electron chi connectivity index (χ3n) is 2.94. The summed E-state index contributed by atoms with van der Waals surface area (Å²) in [6.07, 6.45) is 0. The molecule has 0 fully saturated rings. The lowest BCUT2D eigenvalue weighted by molar-refractivity contribution is 0.417. The van der Waals surface area contributed by atoms with E-state index in [4.69, 9.17) is 4.74 Å². The molecule has 0 aliphatic carbocycles. The smallest absolute Gasteiger partial charge is 0.205 e. The van der Waals surface area contributed by atoms with Crippen molar-refractivity contribution in [2.24, 2.45) is 0 Å². The number of hydrogen-bond acceptors (Lipinski definition) is 5. The summed E-state index contributed by atoms with van der Waals surface area (Å²) in [4.78, 5) is 0. The maximum Gasteiger partial charge on any atom is 0.205 e. The lowest BCUT2D eigenvalue weighted by atomic mass is 10.1. The zero-order valence-corrected chi connectivity index (χ0v) is 11.5. The van der Waals surface area contributed by atoms with Crippen molar-refractivity contribution in [3.8, 4) is 16.3 Å². The lowest BCUT2D eigenvalue weighted by Gasteiger charge is -2.07. The number of hydrogen-bond donors (Lipinski definition) is 1. The Balaban J connectivity index is 2.20. The van der Waals surface area contributed by atoms with Gasteiger partial charge in [-0.2, -0.15) is 0 Å². The molecule has 0 saturated heterocycles. The Morgan fingerprint density at radius 2 is 1.84 bits per heavy atom. The molecule has 0 unspecified atom stereocenters. The van der Waals surface area contributed by atoms with Crippen molar-refractivity contribution in [2.75, 3.05) is 19.5 Å². The van der Waals surface area contributed by atoms with Gasteiger partial charge in [0.2, 0.25) is 5.13 Å². The molecule has 0 atom stereocenters. The molecule has 1 heterocycles. The molecule has 1 N–H and O–H groups in total. The zero-order chi connectivity index (χ0) is 13.2. The molecule has 0 bridgehead atoms. The van der Waals surface area contributed by atoms with Crippen LogP contribution in [-0.2, 0) is 0 Å². The highest BCUT2D eigenvalue weighted by molar-refractivity contribution is 7.18. The Morgan fingerprint density at radius 3 is 2.47 bits per heavy atom. The van der Waals surface area contributed by atoms with Gasteiger partial charge in [-0.05, 0) is 22.9 Å². The van der Waals surface area contributed by atoms with E-state index >= 15 is 0 Å². The molecule has 4 nitrogen and oxygen atoms in total. The molecule has 19 heavy (non-hydrogen) atoms. The van der Waals surface area contributed by atoms with Crippen LogP contribution in [0.25, 0.3) is 21.3 Å². The second-order valence-electron chi connectivity index (χ2n) is 4.06. The van der Waals surface area contributed by atoms with Crippen molar-refractivity contribution in [3.05, 3.63) is 36.4 Å². The van der Waals surface area contributed by atoms with E-state index in [-0.39, 0.29) is 0 Å². The molecule has 3 rings (SSSR count). The largest absolute Gasteiger partial charge is 0.496 e. The molecule has 0 saturated carbocycles. The fourth-order valence-corrected chi connectivity index (χ4v) is 2.71. The average molecular weight is 271 g/mol. The molecule has 0 amide bonds. The highest BCUT2D eigenvalue weighted by Gasteiger charge is 2.12. The van der Waals surface area contributed by atoms with Gasteiger partial charge in [0, 0.05) is 7.05 Å². The highest BCUT2D eigenvalue weighted by atomic mass is 32.1. The molecule has 0 aliphatic rings. The number of ether oxygens (including phenoxy) is 1. The van der Waals surface area contributed by atoms with Gasteiger partial charge < -0.3 is 10.1 Å². The minimum atomic E-state index is 0.796. The van der Waals surface area contributed by atoms with Crippen LogP contribution < -0.4 is 10.1 Å². The number of fused-ring (bicyclic) bond motifs is 1. The Kier molecular flexibility index (Phi) is 3.05. The van der Waals surface area contributed by atoms with Crippen LogP contribution in [0.1, 0.15) is 0 Å². The van der Waals surface area contributed by atoms with E-state index in [1.165, 1.54) is 16.7 Å². The van der Waals surface area contributed by atoms with E-state index in [2.05, 4.69) is 33.7 Å². The summed E-state index contributed by atoms with van der Waals surface area (Å²) >= 11 is 1.51. The first-order valence-electron chi connectivity index (χ1n) is 5.90. The monoisotopic (exact) mass is 271 g/mol. The van der Waals surface area contributed by atoms with Crippen molar-refractivity contribution in [3.63, 3.8) is 0 Å². The van der Waals surface area contributed by atoms with Gasteiger partial charge in [0.15, 0.2) is 5.01 Å². The molecule has 96 valence electrons. The van der Waals surface area contributed by atoms with E-state index in [1.807, 2.05) is 25.2 Å². The molecule has 2 aromatic carbocycles. The number of nitrogens with one attached hydrogen (secondary N) is 1. The van der Waals surface area contributed by atoms with Crippen LogP contribution in [0, 0.1) is 0 Å². The standard InChI is InChI=1S/C14H13N3OS/c1-15-14-17-16-13(19-14)11-7-9-5-3-4-6-10(9)8-12(11)18-2/h3-8H,1-2H3,(H,15,17). The van der Waals surface area contributed by atoms with Crippen LogP contribution in [0.2, 0.25) is 0 Å². The summed E-state index contributed by atoms with van der Waals surface area (Å²) in [5, 5.41) is 15.2. The maximum atomic E-state index is 5.47. The van der Waals surface area contributed by atoms with E-state index in [1.54, 1.807) is 7.11 Å². The van der Waals surface area contributed by atoms with Crippen LogP contribution >= 0.6 is 11.3 Å². The molecular weight excluding hydrogens is 258 g/mol. The number of benzene rings is 2. The fraction of sp³-hybridized carbons (Fsp3) is 0.143. The third-order valence-corrected chi connectivity index (χ3v) is 3.91. The van der Waals surface area contributed by atoms with Gasteiger partial charge in [-0.25, -0.2) is 0 Å². The molecule has 1 aromatic heterocycles. The molecule has 0 spiro atoms. The first-order valence-corrected chi connectivity index (χ1v) is 6.72. The van der Waals surface area contributed by atoms with Gasteiger partial charge in [0.25, 0.3) is 0 Å². The summed E-state index contributed by atoms with van der Waals surface area (Å²) in [7, 11) is 3.51. The van der Waals surface area contributed by atoms with Gasteiger partial charge in [-0.1, -0.05) is 35.6 Å². The van der Waals surface area contributed by atoms with Crippen LogP contribution in [0.15, 0.2) is 36.4 Å². The quantitative estimate of drug-likeness (QED) is 0.793. The lowest BCUT2D eigenvalue weighted by Crippen LogP contribution is -1.88. The number of rotatable bonds is 3. The molecular formula is C14H13N3OS. The number of aromatic nitrogens is 2. The zero-order valence-electron chi connectivity index (χ0n) is 10.7. The van der Waals surface area contributed by atoms with Gasteiger partial charge in [-0.15, -0.1) is 10.2 Å². The van der Waals surface area contributed by atoms with Crippen molar-refractivity contribution < 1.29 is 4.74 Å². The predicted octanol–water partition coefficient (Wildman–Crippen LogP) is 3.41. The number of nitrogens with zero attached hydrogens (tertiary/aromatic N) is 2. The van der Waals surface area contributed by atoms with E-state index in [9.17, 15) is 0 Å². The molecule has 0 aliphatic heterocycles. The molecule has 3 aromatic rings. The summed E-state index contributed by atoms with van der Waals surface area (Å²) in [6.45, 7) is 0. The van der Waals surface area contributed by atoms with Gasteiger partial charge >= 0.3 is 0 Å². The van der Waals surface area contributed by atoms with Crippen LogP contribution in [0.5, 0.6) is 5.75 Å². The number of anilines is 1. The normalized spacial score (nSPS) is 10.6. The van der Waals surface area contributed by atoms with Crippen molar-refractivity contribution in [1.82, 2.24) is 10.2 Å². The maximum absolute atomic E-state index is 5.47. The Labute approximate surface area is 115 Å². The summed E-state index contributed by atoms with van der Waals surface area (Å²) in [5.74, 6) is 0.817. The molecule has 5 heteroatoms. The Morgan fingerprint density at radius 1 is 1.11 bits per heavy atom. The fourth-order valence-electron chi connectivity index (χ4n) is 1.99. The second-order valence-corrected chi connectivity index (χ2v) is 5.04. The first kappa shape index (κ1) is 11.9. The average Bonchev–Trinajstić information content (AvgIpc) is 2.94. The van der Waals surface area contributed by atoms with Crippen LogP contribution in [-0.4, -0.2) is 24.4 Å². The second kappa shape index (κ2) is 4.85. The van der Waals surface area contributed by atoms with Crippen molar-refractivity contribution in [2.45, 2.75) is 0 Å². The third kappa shape index (κ3) is 2.13. The topological polar surface area (TPSA) is 47.0 Å². The highest BCUT2D eigenvalue weighted by Crippen LogP contribution is 2.36. The summed E-state index contributed by atoms with van der Waals surface area (Å²) in [6, 6.07) is 12.3. The van der Waals surface area contributed by atoms with Gasteiger partial charge in [0.1, 0.15) is 5.75 Å². The van der Waals surface area contributed by atoms with Crippen LogP contribution in [0.3, 0.4) is 0 Å². The van der Waals surface area contributed by atoms with Gasteiger partial charge in [-0.3, -0.25) is 0 Å².